The molecule has 90 valence electrons. The molecule has 7 heteroatoms. The quantitative estimate of drug-likeness (QED) is 0.671. The van der Waals surface area contributed by atoms with Crippen LogP contribution in [0.15, 0.2) is 18.3 Å². The van der Waals surface area contributed by atoms with Gasteiger partial charge in [-0.2, -0.15) is 5.10 Å². The molecule has 0 amide bonds. The van der Waals surface area contributed by atoms with Crippen molar-refractivity contribution in [1.29, 1.82) is 0 Å². The van der Waals surface area contributed by atoms with Crippen LogP contribution in [0.1, 0.15) is 23.6 Å². The number of thiophene rings is 1. The molecule has 2 rings (SSSR count). The van der Waals surface area contributed by atoms with Gasteiger partial charge in [-0.15, -0.1) is 11.3 Å². The van der Waals surface area contributed by atoms with E-state index in [1.165, 1.54) is 22.1 Å². The van der Waals surface area contributed by atoms with E-state index in [9.17, 15) is 15.2 Å². The van der Waals surface area contributed by atoms with Crippen molar-refractivity contribution in [3.05, 3.63) is 39.0 Å². The number of nitrogens with zero attached hydrogens (tertiary/aromatic N) is 3. The van der Waals surface area contributed by atoms with Crippen molar-refractivity contribution in [2.24, 2.45) is 0 Å². The van der Waals surface area contributed by atoms with Crippen LogP contribution in [-0.4, -0.2) is 19.8 Å². The van der Waals surface area contributed by atoms with Crippen LogP contribution in [0.5, 0.6) is 0 Å². The minimum atomic E-state index is -0.718. The first-order valence-corrected chi connectivity index (χ1v) is 5.79. The standard InChI is InChI=1S/C10H11N3O3S/c1-6-3-4-12(11-6)10-8(13(15)16)5-9(17-10)7(2)14/h3-5,7,14H,1-2H3/t7-/m0/s1. The molecule has 0 aromatic carbocycles. The number of hydrogen-bond acceptors (Lipinski definition) is 5. The van der Waals surface area contributed by atoms with Gasteiger partial charge in [0.05, 0.1) is 16.7 Å². The molecule has 2 aromatic rings. The number of aliphatic hydroxyl groups excluding tert-OH is 1. The van der Waals surface area contributed by atoms with Crippen LogP contribution in [0.3, 0.4) is 0 Å². The fraction of sp³-hybridized carbons (Fsp3) is 0.300. The maximum Gasteiger partial charge on any atom is 0.306 e. The summed E-state index contributed by atoms with van der Waals surface area (Å²) in [5.74, 6) is 0. The highest BCUT2D eigenvalue weighted by Crippen LogP contribution is 2.35. The molecular weight excluding hydrogens is 242 g/mol. The summed E-state index contributed by atoms with van der Waals surface area (Å²) in [6, 6.07) is 3.16. The van der Waals surface area contributed by atoms with E-state index >= 15 is 0 Å². The molecule has 0 spiro atoms. The topological polar surface area (TPSA) is 81.2 Å². The minimum absolute atomic E-state index is 0.0333. The van der Waals surface area contributed by atoms with Crippen LogP contribution in [0.4, 0.5) is 5.69 Å². The summed E-state index contributed by atoms with van der Waals surface area (Å²) in [5.41, 5.74) is 0.750. The van der Waals surface area contributed by atoms with Gasteiger partial charge in [0.1, 0.15) is 0 Å². The molecule has 0 aliphatic heterocycles. The number of nitro groups is 1. The van der Waals surface area contributed by atoms with E-state index in [-0.39, 0.29) is 5.69 Å². The Morgan fingerprint density at radius 1 is 1.65 bits per heavy atom. The highest BCUT2D eigenvalue weighted by molar-refractivity contribution is 7.15. The Morgan fingerprint density at radius 2 is 2.35 bits per heavy atom. The zero-order valence-electron chi connectivity index (χ0n) is 9.32. The average Bonchev–Trinajstić information content (AvgIpc) is 2.82. The normalized spacial score (nSPS) is 12.6. The number of aromatic nitrogens is 2. The lowest BCUT2D eigenvalue weighted by molar-refractivity contribution is -0.384. The van der Waals surface area contributed by atoms with Gasteiger partial charge in [-0.05, 0) is 19.9 Å². The maximum atomic E-state index is 10.9. The van der Waals surface area contributed by atoms with E-state index in [4.69, 9.17) is 0 Å². The molecule has 2 aromatic heterocycles. The molecule has 0 aliphatic carbocycles. The molecule has 17 heavy (non-hydrogen) atoms. The Labute approximate surface area is 101 Å². The van der Waals surface area contributed by atoms with Gasteiger partial charge in [0.25, 0.3) is 0 Å². The van der Waals surface area contributed by atoms with E-state index in [2.05, 4.69) is 5.10 Å². The monoisotopic (exact) mass is 253 g/mol. The Balaban J connectivity index is 2.55. The third kappa shape index (κ3) is 2.20. The molecule has 0 bridgehead atoms. The Morgan fingerprint density at radius 3 is 2.82 bits per heavy atom. The lowest BCUT2D eigenvalue weighted by Crippen LogP contribution is -1.96. The van der Waals surface area contributed by atoms with Crippen molar-refractivity contribution in [2.75, 3.05) is 0 Å². The van der Waals surface area contributed by atoms with Crippen molar-refractivity contribution in [3.8, 4) is 5.00 Å². The van der Waals surface area contributed by atoms with E-state index in [1.54, 1.807) is 19.2 Å². The van der Waals surface area contributed by atoms with Crippen molar-refractivity contribution in [3.63, 3.8) is 0 Å². The summed E-state index contributed by atoms with van der Waals surface area (Å²) in [4.78, 5) is 11.0. The second-order valence-corrected chi connectivity index (χ2v) is 4.74. The molecule has 1 atom stereocenters. The summed E-state index contributed by atoms with van der Waals surface area (Å²) in [6.45, 7) is 3.39. The number of hydrogen-bond donors (Lipinski definition) is 1. The van der Waals surface area contributed by atoms with Crippen molar-refractivity contribution in [2.45, 2.75) is 20.0 Å². The molecule has 0 radical (unpaired) electrons. The van der Waals surface area contributed by atoms with E-state index in [1.807, 2.05) is 6.92 Å². The van der Waals surface area contributed by atoms with Crippen LogP contribution in [0, 0.1) is 17.0 Å². The van der Waals surface area contributed by atoms with Gasteiger partial charge in [-0.1, -0.05) is 0 Å². The van der Waals surface area contributed by atoms with Gasteiger partial charge in [0.2, 0.25) is 0 Å². The zero-order chi connectivity index (χ0) is 12.6. The van der Waals surface area contributed by atoms with Crippen molar-refractivity contribution in [1.82, 2.24) is 9.78 Å². The van der Waals surface area contributed by atoms with Gasteiger partial charge in [0.15, 0.2) is 5.00 Å². The van der Waals surface area contributed by atoms with Crippen LogP contribution in [0.25, 0.3) is 5.00 Å². The van der Waals surface area contributed by atoms with Crippen LogP contribution in [-0.2, 0) is 0 Å². The Hall–Kier alpha value is -1.73. The van der Waals surface area contributed by atoms with Gasteiger partial charge in [0, 0.05) is 17.1 Å². The SMILES string of the molecule is Cc1ccn(-c2sc([C@H](C)O)cc2[N+](=O)[O-])n1. The van der Waals surface area contributed by atoms with E-state index < -0.39 is 11.0 Å². The first-order valence-electron chi connectivity index (χ1n) is 4.98. The predicted octanol–water partition coefficient (Wildman–Crippen LogP) is 2.20. The Bertz CT molecular complexity index is 559. The second kappa shape index (κ2) is 4.27. The number of aryl methyl sites for hydroxylation is 1. The maximum absolute atomic E-state index is 10.9. The highest BCUT2D eigenvalue weighted by Gasteiger charge is 2.22. The van der Waals surface area contributed by atoms with Crippen molar-refractivity contribution < 1.29 is 10.0 Å². The molecule has 6 nitrogen and oxygen atoms in total. The van der Waals surface area contributed by atoms with Crippen molar-refractivity contribution >= 4 is 17.0 Å². The largest absolute Gasteiger partial charge is 0.388 e. The van der Waals surface area contributed by atoms with Gasteiger partial charge in [-0.25, -0.2) is 4.68 Å². The highest BCUT2D eigenvalue weighted by atomic mass is 32.1. The third-order valence-corrected chi connectivity index (χ3v) is 3.54. The van der Waals surface area contributed by atoms with Gasteiger partial charge in [-0.3, -0.25) is 10.1 Å². The molecule has 2 heterocycles. The van der Waals surface area contributed by atoms with Gasteiger partial charge < -0.3 is 5.11 Å². The fourth-order valence-corrected chi connectivity index (χ4v) is 2.42. The Kier molecular flexibility index (Phi) is 2.95. The lowest BCUT2D eigenvalue weighted by atomic mass is 10.3. The smallest absolute Gasteiger partial charge is 0.306 e. The predicted molar refractivity (Wildman–Crippen MR) is 63.5 cm³/mol. The average molecular weight is 253 g/mol. The fourth-order valence-electron chi connectivity index (χ4n) is 1.42. The molecule has 0 unspecified atom stereocenters. The zero-order valence-corrected chi connectivity index (χ0v) is 10.1. The molecule has 0 saturated carbocycles. The first kappa shape index (κ1) is 11.7. The molecular formula is C10H11N3O3S. The van der Waals surface area contributed by atoms with E-state index in [0.717, 1.165) is 5.69 Å². The van der Waals surface area contributed by atoms with Crippen LogP contribution < -0.4 is 0 Å². The second-order valence-electron chi connectivity index (χ2n) is 3.67. The number of rotatable bonds is 3. The third-order valence-electron chi connectivity index (χ3n) is 2.25. The molecule has 0 aliphatic rings. The lowest BCUT2D eigenvalue weighted by Gasteiger charge is -1.97. The summed E-state index contributed by atoms with van der Waals surface area (Å²) in [7, 11) is 0. The summed E-state index contributed by atoms with van der Waals surface area (Å²) in [5, 5.41) is 24.9. The minimum Gasteiger partial charge on any atom is -0.388 e. The van der Waals surface area contributed by atoms with E-state index in [0.29, 0.717) is 9.88 Å². The first-order chi connectivity index (χ1) is 7.99. The molecule has 0 fully saturated rings. The summed E-state index contributed by atoms with van der Waals surface area (Å²) < 4.78 is 1.46. The molecule has 1 N–H and O–H groups in total. The summed E-state index contributed by atoms with van der Waals surface area (Å²) in [6.07, 6.45) is 0.948. The van der Waals surface area contributed by atoms with Crippen LogP contribution in [0.2, 0.25) is 0 Å². The van der Waals surface area contributed by atoms with Crippen LogP contribution >= 0.6 is 11.3 Å². The molecule has 0 saturated heterocycles. The summed E-state index contributed by atoms with van der Waals surface area (Å²) >= 11 is 1.17. The number of aliphatic hydroxyl groups is 1. The van der Waals surface area contributed by atoms with Gasteiger partial charge >= 0.3 is 5.69 Å².